The molecule has 140 valence electrons. The number of carbonyl (C=O) groups is 1. The summed E-state index contributed by atoms with van der Waals surface area (Å²) in [5.41, 5.74) is 3.97. The summed E-state index contributed by atoms with van der Waals surface area (Å²) in [6.45, 7) is 7.04. The third kappa shape index (κ3) is 4.97. The van der Waals surface area contributed by atoms with Crippen LogP contribution in [0.5, 0.6) is 11.5 Å². The molecule has 0 spiro atoms. The summed E-state index contributed by atoms with van der Waals surface area (Å²) in [6.07, 6.45) is 2.96. The van der Waals surface area contributed by atoms with Crippen molar-refractivity contribution in [2.75, 3.05) is 20.8 Å². The molecule has 0 aliphatic carbocycles. The molecule has 0 radical (unpaired) electrons. The normalized spacial score (nSPS) is 10.5. The molecule has 26 heavy (non-hydrogen) atoms. The minimum absolute atomic E-state index is 0.0969. The van der Waals surface area contributed by atoms with Gasteiger partial charge < -0.3 is 14.4 Å². The number of carbonyl (C=O) groups excluding carboxylic acids is 1. The Morgan fingerprint density at radius 2 is 1.88 bits per heavy atom. The summed E-state index contributed by atoms with van der Waals surface area (Å²) < 4.78 is 10.9. The zero-order valence-corrected chi connectivity index (χ0v) is 16.3. The highest BCUT2D eigenvalue weighted by atomic mass is 16.5. The maximum absolute atomic E-state index is 12.5. The fourth-order valence-electron chi connectivity index (χ4n) is 2.90. The van der Waals surface area contributed by atoms with Crippen molar-refractivity contribution in [1.82, 2.24) is 9.88 Å². The van der Waals surface area contributed by atoms with Crippen LogP contribution >= 0.6 is 0 Å². The summed E-state index contributed by atoms with van der Waals surface area (Å²) in [7, 11) is 3.47. The van der Waals surface area contributed by atoms with Gasteiger partial charge in [0.05, 0.1) is 26.0 Å². The summed E-state index contributed by atoms with van der Waals surface area (Å²) >= 11 is 0. The molecule has 0 saturated heterocycles. The molecule has 0 atom stereocenters. The lowest BCUT2D eigenvalue weighted by atomic mass is 10.1. The Balaban J connectivity index is 1.93. The Kier molecular flexibility index (Phi) is 7.01. The predicted octanol–water partition coefficient (Wildman–Crippen LogP) is 3.70. The van der Waals surface area contributed by atoms with E-state index in [0.29, 0.717) is 26.0 Å². The van der Waals surface area contributed by atoms with Crippen molar-refractivity contribution in [2.24, 2.45) is 0 Å². The van der Waals surface area contributed by atoms with Crippen LogP contribution in [0, 0.1) is 13.8 Å². The van der Waals surface area contributed by atoms with Crippen molar-refractivity contribution >= 4 is 5.91 Å². The van der Waals surface area contributed by atoms with Gasteiger partial charge in [-0.05, 0) is 44.9 Å². The molecule has 1 aromatic carbocycles. The van der Waals surface area contributed by atoms with Crippen LogP contribution in [0.15, 0.2) is 30.5 Å². The SMILES string of the molecule is CCOc1ccc(CCC(=O)N(C)Cc2ncc(C)c(OC)c2C)cc1. The second-order valence-corrected chi connectivity index (χ2v) is 6.37. The molecule has 0 aliphatic heterocycles. The van der Waals surface area contributed by atoms with Crippen LogP contribution in [0.4, 0.5) is 0 Å². The van der Waals surface area contributed by atoms with Gasteiger partial charge in [-0.1, -0.05) is 12.1 Å². The van der Waals surface area contributed by atoms with E-state index >= 15 is 0 Å². The molecule has 1 aromatic heterocycles. The lowest BCUT2D eigenvalue weighted by molar-refractivity contribution is -0.130. The van der Waals surface area contributed by atoms with Gasteiger partial charge in [0, 0.05) is 30.8 Å². The fourth-order valence-corrected chi connectivity index (χ4v) is 2.90. The first-order chi connectivity index (χ1) is 12.5. The number of aromatic nitrogens is 1. The number of hydrogen-bond donors (Lipinski definition) is 0. The molecule has 0 fully saturated rings. The molecular weight excluding hydrogens is 328 g/mol. The number of ether oxygens (including phenoxy) is 2. The van der Waals surface area contributed by atoms with Gasteiger partial charge >= 0.3 is 0 Å². The lowest BCUT2D eigenvalue weighted by Crippen LogP contribution is -2.27. The summed E-state index contributed by atoms with van der Waals surface area (Å²) in [5, 5.41) is 0. The summed E-state index contributed by atoms with van der Waals surface area (Å²) in [4.78, 5) is 18.7. The van der Waals surface area contributed by atoms with Crippen molar-refractivity contribution in [3.05, 3.63) is 52.8 Å². The number of amides is 1. The van der Waals surface area contributed by atoms with Crippen LogP contribution in [-0.2, 0) is 17.8 Å². The van der Waals surface area contributed by atoms with E-state index in [0.717, 1.165) is 33.9 Å². The third-order valence-electron chi connectivity index (χ3n) is 4.42. The van der Waals surface area contributed by atoms with Gasteiger partial charge in [0.2, 0.25) is 5.91 Å². The fraction of sp³-hybridized carbons (Fsp3) is 0.429. The van der Waals surface area contributed by atoms with Gasteiger partial charge in [-0.25, -0.2) is 0 Å². The first kappa shape index (κ1) is 19.8. The van der Waals surface area contributed by atoms with Gasteiger partial charge in [0.1, 0.15) is 11.5 Å². The molecule has 0 bridgehead atoms. The number of methoxy groups -OCH3 is 1. The summed E-state index contributed by atoms with van der Waals surface area (Å²) in [6, 6.07) is 7.90. The van der Waals surface area contributed by atoms with Gasteiger partial charge in [0.25, 0.3) is 0 Å². The molecule has 0 aliphatic rings. The monoisotopic (exact) mass is 356 g/mol. The van der Waals surface area contributed by atoms with Gasteiger partial charge in [0.15, 0.2) is 0 Å². The van der Waals surface area contributed by atoms with Crippen molar-refractivity contribution < 1.29 is 14.3 Å². The number of aryl methyl sites for hydroxylation is 2. The number of rotatable bonds is 8. The zero-order valence-electron chi connectivity index (χ0n) is 16.3. The summed E-state index contributed by atoms with van der Waals surface area (Å²) in [5.74, 6) is 1.79. The van der Waals surface area contributed by atoms with Crippen molar-refractivity contribution in [2.45, 2.75) is 40.2 Å². The molecule has 0 N–H and O–H groups in total. The molecule has 5 nitrogen and oxygen atoms in total. The minimum Gasteiger partial charge on any atom is -0.496 e. The Bertz CT molecular complexity index is 742. The van der Waals surface area contributed by atoms with E-state index in [4.69, 9.17) is 9.47 Å². The van der Waals surface area contributed by atoms with E-state index in [2.05, 4.69) is 4.98 Å². The topological polar surface area (TPSA) is 51.7 Å². The average molecular weight is 356 g/mol. The Hall–Kier alpha value is -2.56. The quantitative estimate of drug-likeness (QED) is 0.724. The minimum atomic E-state index is 0.0969. The average Bonchev–Trinajstić information content (AvgIpc) is 2.64. The maximum Gasteiger partial charge on any atom is 0.222 e. The smallest absolute Gasteiger partial charge is 0.222 e. The zero-order chi connectivity index (χ0) is 19.1. The number of benzene rings is 1. The maximum atomic E-state index is 12.5. The van der Waals surface area contributed by atoms with E-state index in [1.165, 1.54) is 0 Å². The van der Waals surface area contributed by atoms with Crippen molar-refractivity contribution in [1.29, 1.82) is 0 Å². The van der Waals surface area contributed by atoms with E-state index in [-0.39, 0.29) is 5.91 Å². The van der Waals surface area contributed by atoms with Crippen molar-refractivity contribution in [3.63, 3.8) is 0 Å². The predicted molar refractivity (Wildman–Crippen MR) is 103 cm³/mol. The number of pyridine rings is 1. The van der Waals surface area contributed by atoms with Crippen LogP contribution in [0.2, 0.25) is 0 Å². The van der Waals surface area contributed by atoms with Gasteiger partial charge in [-0.15, -0.1) is 0 Å². The largest absolute Gasteiger partial charge is 0.496 e. The molecular formula is C21H28N2O3. The highest BCUT2D eigenvalue weighted by Gasteiger charge is 2.15. The molecule has 5 heteroatoms. The molecule has 2 aromatic rings. The second-order valence-electron chi connectivity index (χ2n) is 6.37. The van der Waals surface area contributed by atoms with Gasteiger partial charge in [-0.2, -0.15) is 0 Å². The van der Waals surface area contributed by atoms with Crippen LogP contribution in [0.1, 0.15) is 35.7 Å². The first-order valence-corrected chi connectivity index (χ1v) is 8.91. The number of hydrogen-bond acceptors (Lipinski definition) is 4. The molecule has 0 saturated carbocycles. The highest BCUT2D eigenvalue weighted by molar-refractivity contribution is 5.76. The van der Waals surface area contributed by atoms with Crippen LogP contribution in [0.3, 0.4) is 0 Å². The molecule has 1 amide bonds. The standard InChI is InChI=1S/C21H28N2O3/c1-6-26-18-10-7-17(8-11-18)9-12-20(24)23(4)14-19-16(3)21(25-5)15(2)13-22-19/h7-8,10-11,13H,6,9,12,14H2,1-5H3. The second kappa shape index (κ2) is 9.22. The van der Waals surface area contributed by atoms with E-state index < -0.39 is 0 Å². The Labute approximate surface area is 156 Å². The Morgan fingerprint density at radius 1 is 1.19 bits per heavy atom. The highest BCUT2D eigenvalue weighted by Crippen LogP contribution is 2.24. The van der Waals surface area contributed by atoms with E-state index in [9.17, 15) is 4.79 Å². The van der Waals surface area contributed by atoms with E-state index in [1.807, 2.05) is 52.1 Å². The van der Waals surface area contributed by atoms with Crippen LogP contribution in [-0.4, -0.2) is 36.6 Å². The van der Waals surface area contributed by atoms with Gasteiger partial charge in [-0.3, -0.25) is 9.78 Å². The lowest BCUT2D eigenvalue weighted by Gasteiger charge is -2.19. The van der Waals surface area contributed by atoms with Crippen molar-refractivity contribution in [3.8, 4) is 11.5 Å². The molecule has 0 unspecified atom stereocenters. The van der Waals surface area contributed by atoms with E-state index in [1.54, 1.807) is 18.2 Å². The third-order valence-corrected chi connectivity index (χ3v) is 4.42. The number of nitrogens with zero attached hydrogens (tertiary/aromatic N) is 2. The van der Waals surface area contributed by atoms with Crippen LogP contribution in [0.25, 0.3) is 0 Å². The molecule has 1 heterocycles. The molecule has 2 rings (SSSR count). The Morgan fingerprint density at radius 3 is 2.50 bits per heavy atom. The first-order valence-electron chi connectivity index (χ1n) is 8.91. The van der Waals surface area contributed by atoms with Crippen LogP contribution < -0.4 is 9.47 Å².